The van der Waals surface area contributed by atoms with E-state index in [1.54, 1.807) is 24.3 Å². The van der Waals surface area contributed by atoms with Crippen LogP contribution in [0.4, 0.5) is 0 Å². The molecule has 104 valence electrons. The first-order valence-corrected chi connectivity index (χ1v) is 7.56. The average molecular weight is 281 g/mol. The van der Waals surface area contributed by atoms with Gasteiger partial charge >= 0.3 is 5.97 Å². The Labute approximate surface area is 117 Å². The van der Waals surface area contributed by atoms with E-state index in [1.165, 1.54) is 17.9 Å². The van der Waals surface area contributed by atoms with E-state index in [0.717, 1.165) is 6.54 Å². The monoisotopic (exact) mass is 281 g/mol. The predicted octanol–water partition coefficient (Wildman–Crippen LogP) is 2.20. The first kappa shape index (κ1) is 14.2. The first-order chi connectivity index (χ1) is 9.16. The van der Waals surface area contributed by atoms with Crippen LogP contribution in [0.5, 0.6) is 5.75 Å². The second kappa shape index (κ2) is 6.82. The Hall–Kier alpha value is -1.20. The molecule has 2 rings (SSSR count). The Morgan fingerprint density at radius 3 is 3.11 bits per heavy atom. The third kappa shape index (κ3) is 4.14. The number of rotatable bonds is 6. The largest absolute Gasteiger partial charge is 0.492 e. The fourth-order valence-corrected chi connectivity index (χ4v) is 3.38. The number of likely N-dealkylation sites (N-methyl/N-ethyl adjacent to an activating group) is 1. The average Bonchev–Trinajstić information content (AvgIpc) is 2.93. The van der Waals surface area contributed by atoms with E-state index < -0.39 is 5.97 Å². The van der Waals surface area contributed by atoms with Crippen LogP contribution in [0, 0.1) is 0 Å². The molecule has 1 saturated heterocycles. The van der Waals surface area contributed by atoms with E-state index in [2.05, 4.69) is 11.9 Å². The molecule has 1 unspecified atom stereocenters. The lowest BCUT2D eigenvalue weighted by atomic mass is 10.2. The third-order valence-corrected chi connectivity index (χ3v) is 4.47. The van der Waals surface area contributed by atoms with Crippen LogP contribution in [0.3, 0.4) is 0 Å². The van der Waals surface area contributed by atoms with Crippen LogP contribution in [0.1, 0.15) is 16.8 Å². The summed E-state index contributed by atoms with van der Waals surface area (Å²) < 4.78 is 5.62. The molecule has 0 spiro atoms. The summed E-state index contributed by atoms with van der Waals surface area (Å²) >= 11 is 2.00. The van der Waals surface area contributed by atoms with Crippen molar-refractivity contribution in [2.45, 2.75) is 12.5 Å². The zero-order valence-electron chi connectivity index (χ0n) is 11.0. The molecule has 1 N–H and O–H groups in total. The van der Waals surface area contributed by atoms with E-state index in [4.69, 9.17) is 9.84 Å². The molecule has 1 aliphatic rings. The molecule has 4 nitrogen and oxygen atoms in total. The van der Waals surface area contributed by atoms with Crippen LogP contribution in [0.25, 0.3) is 0 Å². The molecule has 0 aromatic heterocycles. The maximum atomic E-state index is 10.8. The molecule has 1 atom stereocenters. The highest BCUT2D eigenvalue weighted by atomic mass is 32.2. The molecular formula is C14H19NO3S. The molecule has 5 heteroatoms. The summed E-state index contributed by atoms with van der Waals surface area (Å²) in [4.78, 5) is 13.2. The highest BCUT2D eigenvalue weighted by molar-refractivity contribution is 7.99. The second-order valence-corrected chi connectivity index (χ2v) is 5.83. The van der Waals surface area contributed by atoms with Crippen LogP contribution in [-0.2, 0) is 0 Å². The zero-order chi connectivity index (χ0) is 13.7. The Morgan fingerprint density at radius 2 is 2.42 bits per heavy atom. The van der Waals surface area contributed by atoms with Crippen molar-refractivity contribution < 1.29 is 14.6 Å². The van der Waals surface area contributed by atoms with Crippen LogP contribution in [0.2, 0.25) is 0 Å². The lowest BCUT2D eigenvalue weighted by Gasteiger charge is -2.23. The summed E-state index contributed by atoms with van der Waals surface area (Å²) in [6.07, 6.45) is 1.25. The van der Waals surface area contributed by atoms with Crippen molar-refractivity contribution in [1.29, 1.82) is 0 Å². The molecule has 19 heavy (non-hydrogen) atoms. The molecule has 1 aromatic rings. The standard InChI is InChI=1S/C14H19NO3S/c1-15(12-5-8-19-10-12)6-7-18-13-4-2-3-11(9-13)14(16)17/h2-4,9,12H,5-8,10H2,1H3,(H,16,17). The molecule has 1 fully saturated rings. The summed E-state index contributed by atoms with van der Waals surface area (Å²) in [5.74, 6) is 2.14. The number of nitrogens with zero attached hydrogens (tertiary/aromatic N) is 1. The van der Waals surface area contributed by atoms with Crippen LogP contribution >= 0.6 is 11.8 Å². The van der Waals surface area contributed by atoms with Gasteiger partial charge in [-0.3, -0.25) is 4.90 Å². The molecule has 1 aromatic carbocycles. The molecule has 0 amide bonds. The van der Waals surface area contributed by atoms with Gasteiger partial charge in [-0.05, 0) is 37.4 Å². The number of hydrogen-bond donors (Lipinski definition) is 1. The summed E-state index contributed by atoms with van der Waals surface area (Å²) in [6, 6.07) is 7.28. The van der Waals surface area contributed by atoms with E-state index >= 15 is 0 Å². The van der Waals surface area contributed by atoms with E-state index in [0.29, 0.717) is 18.4 Å². The number of carboxylic acids is 1. The van der Waals surface area contributed by atoms with E-state index in [1.807, 2.05) is 11.8 Å². The van der Waals surface area contributed by atoms with Crippen molar-refractivity contribution in [3.05, 3.63) is 29.8 Å². The van der Waals surface area contributed by atoms with Crippen molar-refractivity contribution in [1.82, 2.24) is 4.90 Å². The Bertz CT molecular complexity index is 432. The van der Waals surface area contributed by atoms with Gasteiger partial charge in [0, 0.05) is 18.3 Å². The zero-order valence-corrected chi connectivity index (χ0v) is 11.9. The summed E-state index contributed by atoms with van der Waals surface area (Å²) in [6.45, 7) is 1.45. The number of thioether (sulfide) groups is 1. The number of carbonyl (C=O) groups is 1. The normalized spacial score (nSPS) is 18.7. The van der Waals surface area contributed by atoms with Gasteiger partial charge in [0.1, 0.15) is 12.4 Å². The first-order valence-electron chi connectivity index (χ1n) is 6.41. The van der Waals surface area contributed by atoms with Gasteiger partial charge in [0.2, 0.25) is 0 Å². The molecule has 1 heterocycles. The molecule has 1 aliphatic heterocycles. The van der Waals surface area contributed by atoms with Gasteiger partial charge in [0.25, 0.3) is 0 Å². The summed E-state index contributed by atoms with van der Waals surface area (Å²) in [5.41, 5.74) is 0.262. The van der Waals surface area contributed by atoms with Crippen molar-refractivity contribution in [2.75, 3.05) is 31.7 Å². The van der Waals surface area contributed by atoms with E-state index in [-0.39, 0.29) is 5.56 Å². The van der Waals surface area contributed by atoms with Gasteiger partial charge in [-0.15, -0.1) is 0 Å². The molecule has 0 radical (unpaired) electrons. The number of benzene rings is 1. The van der Waals surface area contributed by atoms with Crippen molar-refractivity contribution in [2.24, 2.45) is 0 Å². The van der Waals surface area contributed by atoms with Gasteiger partial charge < -0.3 is 9.84 Å². The fourth-order valence-electron chi connectivity index (χ4n) is 2.08. The van der Waals surface area contributed by atoms with Crippen molar-refractivity contribution >= 4 is 17.7 Å². The highest BCUT2D eigenvalue weighted by Crippen LogP contribution is 2.21. The maximum absolute atomic E-state index is 10.8. The lowest BCUT2D eigenvalue weighted by molar-refractivity contribution is 0.0696. The Morgan fingerprint density at radius 1 is 1.58 bits per heavy atom. The Balaban J connectivity index is 1.78. The predicted molar refractivity (Wildman–Crippen MR) is 77.3 cm³/mol. The van der Waals surface area contributed by atoms with Crippen LogP contribution in [-0.4, -0.2) is 53.7 Å². The SMILES string of the molecule is CN(CCOc1cccc(C(=O)O)c1)C1CCSC1. The minimum atomic E-state index is -0.925. The summed E-state index contributed by atoms with van der Waals surface area (Å²) in [5, 5.41) is 8.90. The van der Waals surface area contributed by atoms with Crippen LogP contribution in [0.15, 0.2) is 24.3 Å². The van der Waals surface area contributed by atoms with Crippen molar-refractivity contribution in [3.8, 4) is 5.75 Å². The van der Waals surface area contributed by atoms with Gasteiger partial charge in [-0.1, -0.05) is 6.07 Å². The topological polar surface area (TPSA) is 49.8 Å². The fraction of sp³-hybridized carbons (Fsp3) is 0.500. The number of carboxylic acid groups (broad SMARTS) is 1. The van der Waals surface area contributed by atoms with Gasteiger partial charge in [0.15, 0.2) is 0 Å². The molecule has 0 aliphatic carbocycles. The van der Waals surface area contributed by atoms with Crippen molar-refractivity contribution in [3.63, 3.8) is 0 Å². The highest BCUT2D eigenvalue weighted by Gasteiger charge is 2.19. The Kier molecular flexibility index (Phi) is 5.10. The number of aromatic carboxylic acids is 1. The minimum Gasteiger partial charge on any atom is -0.492 e. The minimum absolute atomic E-state index is 0.262. The number of ether oxygens (including phenoxy) is 1. The van der Waals surface area contributed by atoms with Crippen LogP contribution < -0.4 is 4.74 Å². The quantitative estimate of drug-likeness (QED) is 0.866. The molecular weight excluding hydrogens is 262 g/mol. The third-order valence-electron chi connectivity index (χ3n) is 3.32. The number of hydrogen-bond acceptors (Lipinski definition) is 4. The smallest absolute Gasteiger partial charge is 0.335 e. The van der Waals surface area contributed by atoms with E-state index in [9.17, 15) is 4.79 Å². The maximum Gasteiger partial charge on any atom is 0.335 e. The van der Waals surface area contributed by atoms with Gasteiger partial charge in [-0.25, -0.2) is 4.79 Å². The van der Waals surface area contributed by atoms with Gasteiger partial charge in [-0.2, -0.15) is 11.8 Å². The van der Waals surface area contributed by atoms with Gasteiger partial charge in [0.05, 0.1) is 5.56 Å². The molecule has 0 saturated carbocycles. The second-order valence-electron chi connectivity index (χ2n) is 4.68. The molecule has 0 bridgehead atoms. The lowest BCUT2D eigenvalue weighted by Crippen LogP contribution is -2.34. The summed E-state index contributed by atoms with van der Waals surface area (Å²) in [7, 11) is 2.12.